The second kappa shape index (κ2) is 7.58. The number of nitrogens with zero attached hydrogens (tertiary/aromatic N) is 4. The van der Waals surface area contributed by atoms with E-state index in [1.165, 1.54) is 10.5 Å². The van der Waals surface area contributed by atoms with Gasteiger partial charge in [-0.05, 0) is 52.9 Å². The van der Waals surface area contributed by atoms with Crippen LogP contribution in [0.15, 0.2) is 35.5 Å². The van der Waals surface area contributed by atoms with E-state index in [1.807, 2.05) is 64.9 Å². The van der Waals surface area contributed by atoms with Gasteiger partial charge < -0.3 is 4.90 Å². The summed E-state index contributed by atoms with van der Waals surface area (Å²) < 4.78 is 29.9. The van der Waals surface area contributed by atoms with Gasteiger partial charge in [-0.25, -0.2) is 8.42 Å². The summed E-state index contributed by atoms with van der Waals surface area (Å²) in [5, 5.41) is 4.14. The van der Waals surface area contributed by atoms with Crippen molar-refractivity contribution in [3.8, 4) is 0 Å². The highest BCUT2D eigenvalue weighted by Crippen LogP contribution is 2.30. The molecule has 0 aliphatic rings. The Morgan fingerprint density at radius 1 is 1.20 bits per heavy atom. The third kappa shape index (κ3) is 4.04. The molecule has 1 aromatic carbocycles. The van der Waals surface area contributed by atoms with Gasteiger partial charge in [0, 0.05) is 25.3 Å². The van der Waals surface area contributed by atoms with Gasteiger partial charge >= 0.3 is 0 Å². The normalized spacial score (nSPS) is 13.2. The maximum atomic E-state index is 13.4. The lowest BCUT2D eigenvalue weighted by Gasteiger charge is -2.31. The fourth-order valence-corrected chi connectivity index (χ4v) is 4.32. The van der Waals surface area contributed by atoms with Crippen LogP contribution in [0.4, 0.5) is 5.69 Å². The fraction of sp³-hybridized carbons (Fsp3) is 0.500. The molecular formula is C18H28N4O2S. The van der Waals surface area contributed by atoms with Crippen LogP contribution in [0.5, 0.6) is 0 Å². The Kier molecular flexibility index (Phi) is 5.90. The highest BCUT2D eigenvalue weighted by molar-refractivity contribution is 7.92. The molecule has 0 radical (unpaired) electrons. The zero-order valence-corrected chi connectivity index (χ0v) is 16.7. The molecule has 0 amide bonds. The van der Waals surface area contributed by atoms with Crippen LogP contribution in [0.2, 0.25) is 0 Å². The van der Waals surface area contributed by atoms with Gasteiger partial charge in [0.15, 0.2) is 0 Å². The van der Waals surface area contributed by atoms with Gasteiger partial charge in [0.2, 0.25) is 0 Å². The minimum Gasteiger partial charge on any atom is -0.305 e. The topological polar surface area (TPSA) is 58.4 Å². The maximum Gasteiger partial charge on any atom is 0.267 e. The lowest BCUT2D eigenvalue weighted by atomic mass is 10.1. The predicted octanol–water partition coefficient (Wildman–Crippen LogP) is 2.67. The lowest BCUT2D eigenvalue weighted by Crippen LogP contribution is -2.42. The Hall–Kier alpha value is -1.86. The molecule has 2 aromatic rings. The lowest BCUT2D eigenvalue weighted by molar-refractivity contribution is 0.320. The van der Waals surface area contributed by atoms with Gasteiger partial charge in [0.1, 0.15) is 4.90 Å². The summed E-state index contributed by atoms with van der Waals surface area (Å²) >= 11 is 0. The second-order valence-corrected chi connectivity index (χ2v) is 8.48. The molecular weight excluding hydrogens is 336 g/mol. The molecule has 0 bridgehead atoms. The summed E-state index contributed by atoms with van der Waals surface area (Å²) in [4.78, 5) is 2.24. The Labute approximate surface area is 151 Å². The van der Waals surface area contributed by atoms with Crippen LogP contribution < -0.4 is 4.31 Å². The molecule has 138 valence electrons. The van der Waals surface area contributed by atoms with Crippen LogP contribution in [-0.2, 0) is 16.6 Å². The fourth-order valence-electron chi connectivity index (χ4n) is 2.69. The molecule has 0 saturated carbocycles. The summed E-state index contributed by atoms with van der Waals surface area (Å²) in [6.07, 6.45) is 3.02. The third-order valence-corrected chi connectivity index (χ3v) is 6.24. The first kappa shape index (κ1) is 19.5. The van der Waals surface area contributed by atoms with Crippen molar-refractivity contribution in [2.45, 2.75) is 45.2 Å². The quantitative estimate of drug-likeness (QED) is 0.758. The van der Waals surface area contributed by atoms with E-state index in [2.05, 4.69) is 5.10 Å². The molecule has 0 N–H and O–H groups in total. The number of aromatic nitrogens is 2. The minimum atomic E-state index is -3.69. The van der Waals surface area contributed by atoms with Crippen molar-refractivity contribution in [2.24, 2.45) is 0 Å². The number of likely N-dealkylation sites (N-methyl/N-ethyl adjacent to an activating group) is 1. The summed E-state index contributed by atoms with van der Waals surface area (Å²) in [5.74, 6) is 0. The zero-order chi connectivity index (χ0) is 18.8. The van der Waals surface area contributed by atoms with Crippen molar-refractivity contribution >= 4 is 15.7 Å². The third-order valence-electron chi connectivity index (χ3n) is 4.52. The molecule has 1 atom stereocenters. The van der Waals surface area contributed by atoms with E-state index in [0.717, 1.165) is 16.8 Å². The van der Waals surface area contributed by atoms with Crippen molar-refractivity contribution in [1.82, 2.24) is 14.7 Å². The molecule has 7 heteroatoms. The van der Waals surface area contributed by atoms with Crippen molar-refractivity contribution in [2.75, 3.05) is 24.9 Å². The summed E-state index contributed by atoms with van der Waals surface area (Å²) in [7, 11) is 0.214. The number of anilines is 1. The number of hydrogen-bond donors (Lipinski definition) is 0. The monoisotopic (exact) mass is 364 g/mol. The van der Waals surface area contributed by atoms with E-state index in [4.69, 9.17) is 0 Å². The Morgan fingerprint density at radius 2 is 1.80 bits per heavy atom. The molecule has 1 unspecified atom stereocenters. The van der Waals surface area contributed by atoms with Gasteiger partial charge in [0.05, 0.1) is 11.9 Å². The molecule has 1 heterocycles. The summed E-state index contributed by atoms with van der Waals surface area (Å²) in [6.45, 7) is 8.85. The molecule has 6 nitrogen and oxygen atoms in total. The predicted molar refractivity (Wildman–Crippen MR) is 101 cm³/mol. The average molecular weight is 365 g/mol. The molecule has 25 heavy (non-hydrogen) atoms. The van der Waals surface area contributed by atoms with Crippen LogP contribution in [0, 0.1) is 13.8 Å². The van der Waals surface area contributed by atoms with Gasteiger partial charge in [-0.2, -0.15) is 5.10 Å². The van der Waals surface area contributed by atoms with E-state index < -0.39 is 10.0 Å². The minimum absolute atomic E-state index is 0.0648. The van der Waals surface area contributed by atoms with E-state index in [1.54, 1.807) is 10.9 Å². The van der Waals surface area contributed by atoms with Crippen molar-refractivity contribution in [1.29, 1.82) is 0 Å². The summed E-state index contributed by atoms with van der Waals surface area (Å²) in [6, 6.07) is 5.90. The van der Waals surface area contributed by atoms with E-state index in [-0.39, 0.29) is 10.9 Å². The van der Waals surface area contributed by atoms with E-state index in [9.17, 15) is 8.42 Å². The number of benzene rings is 1. The Morgan fingerprint density at radius 3 is 2.28 bits per heavy atom. The smallest absolute Gasteiger partial charge is 0.267 e. The van der Waals surface area contributed by atoms with Crippen LogP contribution >= 0.6 is 0 Å². The standard InChI is InChI=1S/C18H28N4O2S/c1-7-21-13-17(11-19-21)25(23,24)22(12-16(4)20(5)6)18-14(2)9-8-10-15(18)3/h8-11,13,16H,7,12H2,1-6H3. The van der Waals surface area contributed by atoms with Gasteiger partial charge in [-0.15, -0.1) is 0 Å². The first-order chi connectivity index (χ1) is 11.7. The zero-order valence-electron chi connectivity index (χ0n) is 15.9. The first-order valence-corrected chi connectivity index (χ1v) is 9.90. The molecule has 0 aliphatic heterocycles. The van der Waals surface area contributed by atoms with E-state index in [0.29, 0.717) is 13.1 Å². The molecule has 2 rings (SSSR count). The Bertz CT molecular complexity index is 807. The van der Waals surface area contributed by atoms with Gasteiger partial charge in [-0.3, -0.25) is 8.99 Å². The average Bonchev–Trinajstić information content (AvgIpc) is 3.03. The van der Waals surface area contributed by atoms with Gasteiger partial charge in [0.25, 0.3) is 10.0 Å². The highest BCUT2D eigenvalue weighted by atomic mass is 32.2. The van der Waals surface area contributed by atoms with Crippen LogP contribution in [0.3, 0.4) is 0 Å². The molecule has 0 aliphatic carbocycles. The van der Waals surface area contributed by atoms with Crippen LogP contribution in [0.25, 0.3) is 0 Å². The highest BCUT2D eigenvalue weighted by Gasteiger charge is 2.30. The number of para-hydroxylation sites is 1. The van der Waals surface area contributed by atoms with Crippen molar-refractivity contribution in [3.63, 3.8) is 0 Å². The second-order valence-electron chi connectivity index (χ2n) is 6.62. The van der Waals surface area contributed by atoms with Crippen molar-refractivity contribution < 1.29 is 8.42 Å². The van der Waals surface area contributed by atoms with Gasteiger partial charge in [-0.1, -0.05) is 18.2 Å². The molecule has 0 spiro atoms. The molecule has 0 saturated heterocycles. The maximum absolute atomic E-state index is 13.4. The largest absolute Gasteiger partial charge is 0.305 e. The molecule has 1 aromatic heterocycles. The number of aryl methyl sites for hydroxylation is 3. The summed E-state index contributed by atoms with van der Waals surface area (Å²) in [5.41, 5.74) is 2.63. The SMILES string of the molecule is CCn1cc(S(=O)(=O)N(CC(C)N(C)C)c2c(C)cccc2C)cn1. The van der Waals surface area contributed by atoms with Crippen LogP contribution in [-0.4, -0.2) is 49.8 Å². The Balaban J connectivity index is 2.58. The van der Waals surface area contributed by atoms with Crippen molar-refractivity contribution in [3.05, 3.63) is 41.7 Å². The van der Waals surface area contributed by atoms with E-state index >= 15 is 0 Å². The molecule has 0 fully saturated rings. The first-order valence-electron chi connectivity index (χ1n) is 8.46. The number of hydrogen-bond acceptors (Lipinski definition) is 4. The number of sulfonamides is 1. The number of rotatable bonds is 7. The van der Waals surface area contributed by atoms with Crippen LogP contribution in [0.1, 0.15) is 25.0 Å².